The Morgan fingerprint density at radius 1 is 1.08 bits per heavy atom. The first-order valence-corrected chi connectivity index (χ1v) is 7.60. The van der Waals surface area contributed by atoms with Gasteiger partial charge in [0.15, 0.2) is 5.82 Å². The molecule has 24 heavy (non-hydrogen) atoms. The second-order valence-electron chi connectivity index (χ2n) is 5.53. The molecular weight excluding hydrogens is 312 g/mol. The maximum atomic E-state index is 12.4. The number of hydrogen-bond acceptors (Lipinski definition) is 7. The van der Waals surface area contributed by atoms with Crippen molar-refractivity contribution in [3.63, 3.8) is 0 Å². The molecule has 0 aliphatic carbocycles. The molecular formula is C15H18N6O3. The third-order valence-corrected chi connectivity index (χ3v) is 3.77. The van der Waals surface area contributed by atoms with Crippen LogP contribution in [0, 0.1) is 6.92 Å². The van der Waals surface area contributed by atoms with E-state index in [0.29, 0.717) is 43.6 Å². The number of aromatic nitrogens is 3. The third kappa shape index (κ3) is 3.50. The number of rotatable bonds is 3. The van der Waals surface area contributed by atoms with Gasteiger partial charge in [-0.05, 0) is 6.92 Å². The molecule has 9 heteroatoms. The number of carbonyl (C=O) groups excluding carboxylic acids is 2. The second kappa shape index (κ2) is 6.65. The van der Waals surface area contributed by atoms with Gasteiger partial charge in [-0.15, -0.1) is 0 Å². The van der Waals surface area contributed by atoms with Gasteiger partial charge in [-0.1, -0.05) is 5.16 Å². The molecule has 2 aromatic rings. The topological polar surface area (TPSA) is 104 Å². The predicted octanol–water partition coefficient (Wildman–Crippen LogP) is 0.821. The number of nitrogens with one attached hydrogen (secondary N) is 1. The highest BCUT2D eigenvalue weighted by molar-refractivity contribution is 5.92. The lowest BCUT2D eigenvalue weighted by Gasteiger charge is -2.33. The van der Waals surface area contributed by atoms with Crippen LogP contribution < -0.4 is 5.32 Å². The maximum Gasteiger partial charge on any atom is 0.274 e. The van der Waals surface area contributed by atoms with Crippen molar-refractivity contribution < 1.29 is 14.1 Å². The Morgan fingerprint density at radius 2 is 1.79 bits per heavy atom. The van der Waals surface area contributed by atoms with Crippen LogP contribution in [0.3, 0.4) is 0 Å². The fraction of sp³-hybridized carbons (Fsp3) is 0.400. The van der Waals surface area contributed by atoms with Gasteiger partial charge in [-0.25, -0.2) is 9.97 Å². The summed E-state index contributed by atoms with van der Waals surface area (Å²) in [5, 5.41) is 6.74. The van der Waals surface area contributed by atoms with Gasteiger partial charge in [0.2, 0.25) is 5.91 Å². The minimum Gasteiger partial charge on any atom is -0.360 e. The summed E-state index contributed by atoms with van der Waals surface area (Å²) in [6, 6.07) is 1.73. The lowest BCUT2D eigenvalue weighted by atomic mass is 10.3. The number of amides is 2. The zero-order chi connectivity index (χ0) is 17.1. The molecule has 0 saturated carbocycles. The average molecular weight is 330 g/mol. The minimum absolute atomic E-state index is 0.0282. The van der Waals surface area contributed by atoms with E-state index >= 15 is 0 Å². The van der Waals surface area contributed by atoms with Crippen LogP contribution >= 0.6 is 0 Å². The van der Waals surface area contributed by atoms with Gasteiger partial charge in [0.1, 0.15) is 17.3 Å². The molecule has 126 valence electrons. The van der Waals surface area contributed by atoms with Crippen molar-refractivity contribution in [2.24, 2.45) is 0 Å². The Morgan fingerprint density at radius 3 is 2.33 bits per heavy atom. The number of piperazine rings is 1. The number of anilines is 2. The Hall–Kier alpha value is -2.97. The van der Waals surface area contributed by atoms with E-state index in [9.17, 15) is 9.59 Å². The van der Waals surface area contributed by atoms with E-state index < -0.39 is 0 Å². The molecule has 0 radical (unpaired) electrons. The molecule has 2 amide bonds. The molecule has 1 aliphatic heterocycles. The predicted molar refractivity (Wildman–Crippen MR) is 84.7 cm³/mol. The van der Waals surface area contributed by atoms with Crippen LogP contribution in [0.5, 0.6) is 0 Å². The van der Waals surface area contributed by atoms with E-state index in [1.807, 2.05) is 0 Å². The molecule has 2 aromatic heterocycles. The fourth-order valence-corrected chi connectivity index (χ4v) is 2.45. The zero-order valence-corrected chi connectivity index (χ0v) is 13.5. The Bertz CT molecular complexity index is 734. The molecule has 0 bridgehead atoms. The van der Waals surface area contributed by atoms with E-state index in [4.69, 9.17) is 4.52 Å². The van der Waals surface area contributed by atoms with Crippen molar-refractivity contribution in [2.45, 2.75) is 13.8 Å². The highest BCUT2D eigenvalue weighted by Crippen LogP contribution is 2.14. The van der Waals surface area contributed by atoms with Gasteiger partial charge in [-0.2, -0.15) is 0 Å². The minimum atomic E-state index is -0.186. The summed E-state index contributed by atoms with van der Waals surface area (Å²) < 4.78 is 4.95. The molecule has 1 fully saturated rings. The highest BCUT2D eigenvalue weighted by Gasteiger charge is 2.24. The van der Waals surface area contributed by atoms with Gasteiger partial charge in [-0.3, -0.25) is 9.59 Å². The van der Waals surface area contributed by atoms with Crippen LogP contribution in [0.15, 0.2) is 23.0 Å². The smallest absolute Gasteiger partial charge is 0.274 e. The molecule has 1 N–H and O–H groups in total. The van der Waals surface area contributed by atoms with Crippen molar-refractivity contribution in [1.82, 2.24) is 24.9 Å². The Kier molecular flexibility index (Phi) is 4.41. The van der Waals surface area contributed by atoms with Gasteiger partial charge in [0, 0.05) is 39.2 Å². The fourth-order valence-electron chi connectivity index (χ4n) is 2.45. The molecule has 3 rings (SSSR count). The van der Waals surface area contributed by atoms with Gasteiger partial charge in [0.25, 0.3) is 5.91 Å². The molecule has 0 spiro atoms. The van der Waals surface area contributed by atoms with E-state index in [-0.39, 0.29) is 17.5 Å². The first-order valence-electron chi connectivity index (χ1n) is 7.60. The van der Waals surface area contributed by atoms with Crippen LogP contribution in [0.1, 0.15) is 23.2 Å². The molecule has 3 heterocycles. The van der Waals surface area contributed by atoms with Crippen LogP contribution in [-0.2, 0) is 4.79 Å². The van der Waals surface area contributed by atoms with Crippen molar-refractivity contribution in [3.05, 3.63) is 29.9 Å². The summed E-state index contributed by atoms with van der Waals surface area (Å²) in [6.07, 6.45) is 2.90. The van der Waals surface area contributed by atoms with Crippen LogP contribution in [0.25, 0.3) is 0 Å². The number of nitrogens with zero attached hydrogens (tertiary/aromatic N) is 5. The molecule has 1 aliphatic rings. The number of carbonyl (C=O) groups is 2. The molecule has 9 nitrogen and oxygen atoms in total. The van der Waals surface area contributed by atoms with Gasteiger partial charge >= 0.3 is 0 Å². The zero-order valence-electron chi connectivity index (χ0n) is 13.5. The first kappa shape index (κ1) is 15.9. The summed E-state index contributed by atoms with van der Waals surface area (Å²) in [7, 11) is 0. The Labute approximate surface area is 138 Å². The van der Waals surface area contributed by atoms with E-state index in [1.54, 1.807) is 22.8 Å². The van der Waals surface area contributed by atoms with Gasteiger partial charge in [0.05, 0.1) is 12.4 Å². The molecule has 0 atom stereocenters. The quantitative estimate of drug-likeness (QED) is 0.888. The van der Waals surface area contributed by atoms with E-state index in [1.165, 1.54) is 19.3 Å². The molecule has 0 aromatic carbocycles. The van der Waals surface area contributed by atoms with Gasteiger partial charge < -0.3 is 19.6 Å². The van der Waals surface area contributed by atoms with Crippen molar-refractivity contribution in [1.29, 1.82) is 0 Å². The maximum absolute atomic E-state index is 12.4. The van der Waals surface area contributed by atoms with E-state index in [0.717, 1.165) is 0 Å². The summed E-state index contributed by atoms with van der Waals surface area (Å²) >= 11 is 0. The van der Waals surface area contributed by atoms with E-state index in [2.05, 4.69) is 20.4 Å². The lowest BCUT2D eigenvalue weighted by molar-refractivity contribution is -0.130. The SMILES string of the molecule is CC(=O)N1CCN(C(=O)c2cnc(Nc3cc(C)on3)cn2)CC1. The van der Waals surface area contributed by atoms with Crippen molar-refractivity contribution in [3.8, 4) is 0 Å². The number of aryl methyl sites for hydroxylation is 1. The van der Waals surface area contributed by atoms with Crippen LogP contribution in [0.4, 0.5) is 11.6 Å². The van der Waals surface area contributed by atoms with Crippen LogP contribution in [-0.4, -0.2) is 62.9 Å². The summed E-state index contributed by atoms with van der Waals surface area (Å²) in [5.41, 5.74) is 0.271. The molecule has 0 unspecified atom stereocenters. The van der Waals surface area contributed by atoms with Crippen molar-refractivity contribution >= 4 is 23.5 Å². The average Bonchev–Trinajstić information content (AvgIpc) is 3.00. The highest BCUT2D eigenvalue weighted by atomic mass is 16.5. The summed E-state index contributed by atoms with van der Waals surface area (Å²) in [5.74, 6) is 1.53. The molecule has 1 saturated heterocycles. The standard InChI is InChI=1S/C15H18N6O3/c1-10-7-13(19-24-10)18-14-9-16-12(8-17-14)15(23)21-5-3-20(4-6-21)11(2)22/h7-9H,3-6H2,1-2H3,(H,17,18,19). The lowest BCUT2D eigenvalue weighted by Crippen LogP contribution is -2.50. The summed E-state index contributed by atoms with van der Waals surface area (Å²) in [6.45, 7) is 5.40. The second-order valence-corrected chi connectivity index (χ2v) is 5.53. The van der Waals surface area contributed by atoms with Crippen LogP contribution in [0.2, 0.25) is 0 Å². The summed E-state index contributed by atoms with van der Waals surface area (Å²) in [4.78, 5) is 35.5. The number of hydrogen-bond donors (Lipinski definition) is 1. The van der Waals surface area contributed by atoms with Crippen molar-refractivity contribution in [2.75, 3.05) is 31.5 Å². The monoisotopic (exact) mass is 330 g/mol. The Balaban J connectivity index is 1.61. The largest absolute Gasteiger partial charge is 0.360 e. The normalized spacial score (nSPS) is 14.6. The third-order valence-electron chi connectivity index (χ3n) is 3.77. The first-order chi connectivity index (χ1) is 11.5.